The van der Waals surface area contributed by atoms with Gasteiger partial charge in [-0.3, -0.25) is 0 Å². The van der Waals surface area contributed by atoms with E-state index in [1.54, 1.807) is 0 Å². The summed E-state index contributed by atoms with van der Waals surface area (Å²) in [5.74, 6) is -0.333. The molecule has 0 fully saturated rings. The van der Waals surface area contributed by atoms with Crippen molar-refractivity contribution in [2.45, 2.75) is 0 Å². The van der Waals surface area contributed by atoms with Crippen molar-refractivity contribution in [3.05, 3.63) is 42.5 Å². The molecule has 15 heavy (non-hydrogen) atoms. The number of para-hydroxylation sites is 1. The average molecular weight is 203 g/mol. The van der Waals surface area contributed by atoms with E-state index in [0.29, 0.717) is 0 Å². The molecule has 0 spiro atoms. The molecule has 0 radical (unpaired) electrons. The summed E-state index contributed by atoms with van der Waals surface area (Å²) in [5, 5.41) is 3.96. The van der Waals surface area contributed by atoms with E-state index in [4.69, 9.17) is 0 Å². The van der Waals surface area contributed by atoms with Gasteiger partial charge in [0.05, 0.1) is 12.8 Å². The van der Waals surface area contributed by atoms with Crippen LogP contribution in [0.1, 0.15) is 10.6 Å². The molecular weight excluding hydrogens is 194 g/mol. The summed E-state index contributed by atoms with van der Waals surface area (Å²) in [6.45, 7) is 0. The standard InChI is InChI=1S/C10H9N3O2/c1-15-10(14)9-11-7-12-13(9)8-5-3-2-4-6-8/h2-7H,1H3. The summed E-state index contributed by atoms with van der Waals surface area (Å²) >= 11 is 0. The Balaban J connectivity index is 2.46. The number of nitrogens with zero attached hydrogens (tertiary/aromatic N) is 3. The van der Waals surface area contributed by atoms with Crippen molar-refractivity contribution in [2.75, 3.05) is 7.11 Å². The summed E-state index contributed by atoms with van der Waals surface area (Å²) in [6.07, 6.45) is 1.32. The Morgan fingerprint density at radius 1 is 1.33 bits per heavy atom. The van der Waals surface area contributed by atoms with E-state index in [1.165, 1.54) is 18.1 Å². The molecular formula is C10H9N3O2. The SMILES string of the molecule is COC(=O)c1ncnn1-c1ccccc1. The minimum atomic E-state index is -0.503. The summed E-state index contributed by atoms with van der Waals surface area (Å²) < 4.78 is 6.03. The zero-order chi connectivity index (χ0) is 10.7. The second-order valence-electron chi connectivity index (χ2n) is 2.82. The predicted molar refractivity (Wildman–Crippen MR) is 52.7 cm³/mol. The van der Waals surface area contributed by atoms with Crippen LogP contribution in [0.3, 0.4) is 0 Å². The molecule has 0 aliphatic carbocycles. The molecule has 2 aromatic rings. The van der Waals surface area contributed by atoms with Gasteiger partial charge in [-0.1, -0.05) is 18.2 Å². The second kappa shape index (κ2) is 3.91. The predicted octanol–water partition coefficient (Wildman–Crippen LogP) is 1.05. The number of esters is 1. The van der Waals surface area contributed by atoms with Gasteiger partial charge in [-0.15, -0.1) is 0 Å². The molecule has 76 valence electrons. The van der Waals surface area contributed by atoms with E-state index in [1.807, 2.05) is 30.3 Å². The molecule has 0 saturated carbocycles. The maximum atomic E-state index is 11.3. The second-order valence-corrected chi connectivity index (χ2v) is 2.82. The number of hydrogen-bond acceptors (Lipinski definition) is 4. The molecule has 2 rings (SSSR count). The molecule has 1 heterocycles. The van der Waals surface area contributed by atoms with Crippen LogP contribution in [-0.4, -0.2) is 27.8 Å². The quantitative estimate of drug-likeness (QED) is 0.684. The van der Waals surface area contributed by atoms with Crippen molar-refractivity contribution in [3.63, 3.8) is 0 Å². The molecule has 5 heteroatoms. The van der Waals surface area contributed by atoms with Crippen LogP contribution in [0.25, 0.3) is 5.69 Å². The largest absolute Gasteiger partial charge is 0.463 e. The van der Waals surface area contributed by atoms with Crippen LogP contribution in [0.4, 0.5) is 0 Å². The van der Waals surface area contributed by atoms with Crippen LogP contribution in [0.5, 0.6) is 0 Å². The molecule has 0 unspecified atom stereocenters. The van der Waals surface area contributed by atoms with Crippen molar-refractivity contribution in [2.24, 2.45) is 0 Å². The third-order valence-corrected chi connectivity index (χ3v) is 1.92. The lowest BCUT2D eigenvalue weighted by molar-refractivity contribution is 0.0583. The first kappa shape index (κ1) is 9.39. The maximum Gasteiger partial charge on any atom is 0.376 e. The molecule has 0 saturated heterocycles. The van der Waals surface area contributed by atoms with E-state index in [-0.39, 0.29) is 5.82 Å². The van der Waals surface area contributed by atoms with Gasteiger partial charge in [0.2, 0.25) is 5.82 Å². The molecule has 0 aliphatic heterocycles. The van der Waals surface area contributed by atoms with Crippen molar-refractivity contribution in [1.29, 1.82) is 0 Å². The first-order valence-electron chi connectivity index (χ1n) is 4.36. The third kappa shape index (κ3) is 1.71. The minimum Gasteiger partial charge on any atom is -0.463 e. The highest BCUT2D eigenvalue weighted by atomic mass is 16.5. The molecule has 0 aliphatic rings. The van der Waals surface area contributed by atoms with Gasteiger partial charge in [-0.25, -0.2) is 14.5 Å². The number of methoxy groups -OCH3 is 1. The van der Waals surface area contributed by atoms with Crippen molar-refractivity contribution >= 4 is 5.97 Å². The Hall–Kier alpha value is -2.17. The Labute approximate surface area is 86.3 Å². The molecule has 1 aromatic carbocycles. The van der Waals surface area contributed by atoms with Gasteiger partial charge >= 0.3 is 5.97 Å². The van der Waals surface area contributed by atoms with Crippen LogP contribution in [0.2, 0.25) is 0 Å². The van der Waals surface area contributed by atoms with Crippen LogP contribution in [0.15, 0.2) is 36.7 Å². The average Bonchev–Trinajstić information content (AvgIpc) is 2.78. The summed E-state index contributed by atoms with van der Waals surface area (Å²) in [4.78, 5) is 15.2. The van der Waals surface area contributed by atoms with Gasteiger partial charge in [-0.05, 0) is 12.1 Å². The van der Waals surface area contributed by atoms with E-state index in [2.05, 4.69) is 14.8 Å². The number of carbonyl (C=O) groups excluding carboxylic acids is 1. The van der Waals surface area contributed by atoms with Crippen LogP contribution in [0, 0.1) is 0 Å². The maximum absolute atomic E-state index is 11.3. The number of ether oxygens (including phenoxy) is 1. The molecule has 0 N–H and O–H groups in total. The highest BCUT2D eigenvalue weighted by Gasteiger charge is 2.14. The third-order valence-electron chi connectivity index (χ3n) is 1.92. The summed E-state index contributed by atoms with van der Waals surface area (Å²) in [7, 11) is 1.31. The number of benzene rings is 1. The van der Waals surface area contributed by atoms with Gasteiger partial charge in [0, 0.05) is 0 Å². The van der Waals surface area contributed by atoms with Crippen molar-refractivity contribution in [1.82, 2.24) is 14.8 Å². The summed E-state index contributed by atoms with van der Waals surface area (Å²) in [5.41, 5.74) is 0.774. The van der Waals surface area contributed by atoms with E-state index >= 15 is 0 Å². The molecule has 0 bridgehead atoms. The van der Waals surface area contributed by atoms with Crippen molar-refractivity contribution in [3.8, 4) is 5.69 Å². The number of carbonyl (C=O) groups is 1. The van der Waals surface area contributed by atoms with E-state index in [0.717, 1.165) is 5.69 Å². The lowest BCUT2D eigenvalue weighted by Crippen LogP contribution is -2.11. The fraction of sp³-hybridized carbons (Fsp3) is 0.100. The Morgan fingerprint density at radius 3 is 2.73 bits per heavy atom. The zero-order valence-electron chi connectivity index (χ0n) is 8.12. The monoisotopic (exact) mass is 203 g/mol. The Bertz CT molecular complexity index is 465. The lowest BCUT2D eigenvalue weighted by atomic mass is 10.3. The first-order valence-corrected chi connectivity index (χ1v) is 4.36. The van der Waals surface area contributed by atoms with Gasteiger partial charge in [-0.2, -0.15) is 5.10 Å². The lowest BCUT2D eigenvalue weighted by Gasteiger charge is -2.03. The normalized spacial score (nSPS) is 9.93. The van der Waals surface area contributed by atoms with Gasteiger partial charge in [0.25, 0.3) is 0 Å². The minimum absolute atomic E-state index is 0.170. The highest BCUT2D eigenvalue weighted by molar-refractivity contribution is 5.85. The van der Waals surface area contributed by atoms with Crippen molar-refractivity contribution < 1.29 is 9.53 Å². The van der Waals surface area contributed by atoms with Gasteiger partial charge in [0.1, 0.15) is 6.33 Å². The van der Waals surface area contributed by atoms with E-state index in [9.17, 15) is 4.79 Å². The molecule has 5 nitrogen and oxygen atoms in total. The summed E-state index contributed by atoms with van der Waals surface area (Å²) in [6, 6.07) is 9.27. The molecule has 1 aromatic heterocycles. The number of aromatic nitrogens is 3. The Morgan fingerprint density at radius 2 is 2.07 bits per heavy atom. The van der Waals surface area contributed by atoms with Crippen LogP contribution < -0.4 is 0 Å². The van der Waals surface area contributed by atoms with Gasteiger partial charge < -0.3 is 4.74 Å². The van der Waals surface area contributed by atoms with Crippen LogP contribution >= 0.6 is 0 Å². The number of hydrogen-bond donors (Lipinski definition) is 0. The smallest absolute Gasteiger partial charge is 0.376 e. The van der Waals surface area contributed by atoms with Gasteiger partial charge in [0.15, 0.2) is 0 Å². The highest BCUT2D eigenvalue weighted by Crippen LogP contribution is 2.08. The Kier molecular flexibility index (Phi) is 2.45. The topological polar surface area (TPSA) is 57.0 Å². The zero-order valence-corrected chi connectivity index (χ0v) is 8.12. The van der Waals surface area contributed by atoms with E-state index < -0.39 is 5.97 Å². The number of rotatable bonds is 2. The molecule has 0 atom stereocenters. The fourth-order valence-corrected chi connectivity index (χ4v) is 1.23. The first-order chi connectivity index (χ1) is 7.33. The van der Waals surface area contributed by atoms with Crippen LogP contribution in [-0.2, 0) is 4.74 Å². The molecule has 0 amide bonds. The fourth-order valence-electron chi connectivity index (χ4n) is 1.23.